The molecule has 0 saturated carbocycles. The number of nitrogens with zero attached hydrogens (tertiary/aromatic N) is 6. The average molecular weight is 1600 g/mol. The zero-order valence-electron chi connectivity index (χ0n) is 63.3. The highest BCUT2D eigenvalue weighted by Crippen LogP contribution is 2.61. The summed E-state index contributed by atoms with van der Waals surface area (Å²) in [7, 11) is -7.47. The Kier molecular flexibility index (Phi) is 28.3. The van der Waals surface area contributed by atoms with Crippen molar-refractivity contribution < 1.29 is 95.5 Å². The molecule has 8 bridgehead atoms. The van der Waals surface area contributed by atoms with Crippen LogP contribution < -0.4 is 45.0 Å². The fourth-order valence-electron chi connectivity index (χ4n) is 12.5. The van der Waals surface area contributed by atoms with Gasteiger partial charge in [-0.3, -0.25) is 66.5 Å². The van der Waals surface area contributed by atoms with Crippen LogP contribution in [0, 0.1) is 23.2 Å². The van der Waals surface area contributed by atoms with E-state index in [9.17, 15) is 66.8 Å². The zero-order valence-corrected chi connectivity index (χ0v) is 65.8. The maximum Gasteiger partial charge on any atom is 0.339 e. The van der Waals surface area contributed by atoms with E-state index in [1.807, 2.05) is 41.5 Å². The van der Waals surface area contributed by atoms with Crippen LogP contribution in [0.2, 0.25) is 0 Å². The highest BCUT2D eigenvalue weighted by atomic mass is 31.2. The lowest BCUT2D eigenvalue weighted by molar-refractivity contribution is -0.186. The number of H-pyrrole nitrogens is 4. The SMILES string of the molecule is CC(C)N(C(C)C)P(OCCC#N)O[C@H]1[C@H]2OC[C@]1(/C=C/P(C)(C)=O)O[C@H]2n1ccc(=O)[nH]c1=O.COP(C)(=O)CP(=O)(OC)OC.C[C@H]1[C@H]2OC[C@]1(/C=C/P(C)(C)=O)O[C@H]2n1ccc(=O)[nH]c1=O.C[C@H]1[C@H]2OC[C@]1(CO)O[C@H]2n1ccc(=O)[nH]c1=O.[2H]C[C@@]12CO[C@@H]([C@H](n3ccc(=O)[nH]c3=O)O1)[C@@H]2O.[3H]OC. The maximum atomic E-state index is 12.5. The number of ether oxygens (including phenoxy) is 8. The first-order chi connectivity index (χ1) is 50.5. The number of nitrogens with one attached hydrogen (secondary N) is 4. The molecule has 106 heavy (non-hydrogen) atoms. The molecule has 8 aliphatic rings. The number of aromatic amines is 4. The fourth-order valence-corrected chi connectivity index (χ4v) is 19.6. The van der Waals surface area contributed by atoms with Crippen molar-refractivity contribution in [2.24, 2.45) is 11.8 Å². The van der Waals surface area contributed by atoms with E-state index >= 15 is 0 Å². The minimum absolute atomic E-state index is 0.00803. The summed E-state index contributed by atoms with van der Waals surface area (Å²) < 4.78 is 141. The summed E-state index contributed by atoms with van der Waals surface area (Å²) in [6.07, 6.45) is 2.64. The molecular weight excluding hydrogens is 1500 g/mol. The van der Waals surface area contributed by atoms with Gasteiger partial charge >= 0.3 is 30.4 Å². The van der Waals surface area contributed by atoms with Gasteiger partial charge in [-0.2, -0.15) is 5.26 Å². The molecule has 592 valence electrons. The minimum Gasteiger partial charge on any atom is -0.400 e. The van der Waals surface area contributed by atoms with Crippen LogP contribution in [0.3, 0.4) is 0 Å². The average Bonchev–Trinajstić information content (AvgIpc) is 1.64. The molecule has 18 atom stereocenters. The van der Waals surface area contributed by atoms with E-state index in [4.69, 9.17) is 55.0 Å². The summed E-state index contributed by atoms with van der Waals surface area (Å²) in [6.45, 7) is 20.9. The molecule has 7 N–H and O–H groups in total. The van der Waals surface area contributed by atoms with Gasteiger partial charge in [0.15, 0.2) is 24.9 Å². The molecule has 4 aromatic rings. The fraction of sp³-hybridized carbons (Fsp3) is 0.667. The smallest absolute Gasteiger partial charge is 0.339 e. The zero-order chi connectivity index (χ0) is 80.5. The van der Waals surface area contributed by atoms with Gasteiger partial charge in [-0.05, 0) is 85.0 Å². The van der Waals surface area contributed by atoms with Gasteiger partial charge < -0.3 is 85.0 Å². The number of aliphatic hydroxyl groups is 3. The van der Waals surface area contributed by atoms with Crippen LogP contribution in [0.5, 0.6) is 0 Å². The molecule has 12 heterocycles. The van der Waals surface area contributed by atoms with E-state index in [1.165, 1.54) is 97.9 Å². The van der Waals surface area contributed by atoms with Gasteiger partial charge in [0.1, 0.15) is 79.2 Å². The van der Waals surface area contributed by atoms with E-state index in [0.29, 0.717) is 13.2 Å². The van der Waals surface area contributed by atoms with Gasteiger partial charge in [-0.15, -0.1) is 0 Å². The predicted molar refractivity (Wildman–Crippen MR) is 385 cm³/mol. The van der Waals surface area contributed by atoms with Crippen LogP contribution >= 0.6 is 37.8 Å². The number of rotatable bonds is 22. The van der Waals surface area contributed by atoms with E-state index in [2.05, 4.69) is 49.4 Å². The van der Waals surface area contributed by atoms with Gasteiger partial charge in [0.25, 0.3) is 30.8 Å². The van der Waals surface area contributed by atoms with Crippen molar-refractivity contribution in [3.05, 3.63) is 156 Å². The van der Waals surface area contributed by atoms with E-state index in [1.54, 1.807) is 50.4 Å². The van der Waals surface area contributed by atoms with Crippen molar-refractivity contribution in [3.8, 4) is 6.07 Å². The highest BCUT2D eigenvalue weighted by molar-refractivity contribution is 7.73. The van der Waals surface area contributed by atoms with Gasteiger partial charge in [0.05, 0.1) is 52.1 Å². The van der Waals surface area contributed by atoms with Crippen molar-refractivity contribution in [2.45, 2.75) is 151 Å². The van der Waals surface area contributed by atoms with Gasteiger partial charge in [-0.25, -0.2) is 23.8 Å². The Morgan fingerprint density at radius 2 is 1.06 bits per heavy atom. The number of hydrogen-bond acceptors (Lipinski definition) is 30. The Balaban J connectivity index is 0.000000194. The first kappa shape index (κ1) is 84.4. The van der Waals surface area contributed by atoms with Gasteiger partial charge in [0.2, 0.25) is 8.80 Å². The van der Waals surface area contributed by atoms with Crippen LogP contribution in [-0.4, -0.2) is 238 Å². The number of fused-ring (bicyclic) bond motifs is 8. The Morgan fingerprint density at radius 1 is 0.651 bits per heavy atom. The quantitative estimate of drug-likeness (QED) is 0.0439. The molecule has 0 amide bonds. The summed E-state index contributed by atoms with van der Waals surface area (Å²) in [5, 5.41) is 31.9. The van der Waals surface area contributed by atoms with Crippen molar-refractivity contribution in [1.29, 1.82) is 6.69 Å². The standard InChI is InChI=1S/C22H34N4O7P2.C14H19N2O5P.C11H14N2O5.C10H12N2O5.C5H14O5P2.CH4O/c1-15(2)26(16(3)4)34(31-12-7-10-23)33-19-18-20(25-11-8-17(27)24-21(25)28)32-22(19,14-30-18)9-13-35(5,6)29;1-9-11-12(16-6-4-10(17)15-13(16)18)21-14(9,8-20-11)5-7-22(2,3)19;1-6-8-9(18-11(6,4-14)5-17-8)13-3-2-7(15)12-10(13)16;1-10-4-16-6(7(10)14)8(17-10)12-3-2-5(13)11-9(12)15;1-8-11(4,6)5-12(7,9-2)10-3;1-2/h8-9,11,13,15-16,18-20H,7,12,14H2,1-6H3,(H,24,27,28);4-7,9,11-12H,8H2,1-3H3,(H,15,17,18);2-3,6,8-9,14H,4-5H2,1H3,(H,12,15,16);2-3,6-8,14H,4H2,1H3,(H,11,13,15);5H2,1-4H3;2H,1H3/b13-9+;7-5+;;;;/t18-,19+,20-,22+,34?;9-,11+,12+,14-;6-,8+,9+,11-;6-,7+,8-,10+;;/m1001../s1/i;;;1D;;2T. The van der Waals surface area contributed by atoms with Crippen LogP contribution in [0.4, 0.5) is 0 Å². The normalized spacial score (nSPS) is 31.3. The summed E-state index contributed by atoms with van der Waals surface area (Å²) in [6, 6.07) is 7.20. The van der Waals surface area contributed by atoms with Crippen molar-refractivity contribution >= 4 is 37.8 Å². The van der Waals surface area contributed by atoms with Crippen molar-refractivity contribution in [3.63, 3.8) is 0 Å². The molecule has 8 saturated heterocycles. The molecular formula is C63H97N10O28P5. The predicted octanol–water partition coefficient (Wildman–Crippen LogP) is 2.98. The number of aromatic nitrogens is 8. The van der Waals surface area contributed by atoms with E-state index < -0.39 is 155 Å². The Hall–Kier alpha value is -5.64. The van der Waals surface area contributed by atoms with Crippen LogP contribution in [-0.2, 0) is 78.8 Å². The molecule has 8 fully saturated rings. The summed E-state index contributed by atoms with van der Waals surface area (Å²) in [5.41, 5.74) is -7.89. The number of nitriles is 1. The molecule has 12 rings (SSSR count). The summed E-state index contributed by atoms with van der Waals surface area (Å²) in [4.78, 5) is 101. The largest absolute Gasteiger partial charge is 0.400 e. The first-order valence-corrected chi connectivity index (χ1v) is 43.6. The molecule has 0 aliphatic carbocycles. The molecule has 43 heteroatoms. The monoisotopic (exact) mass is 1600 g/mol. The number of hydrogen-bond donors (Lipinski definition) is 7. The van der Waals surface area contributed by atoms with Crippen LogP contribution in [0.25, 0.3) is 0 Å². The lowest BCUT2D eigenvalue weighted by Gasteiger charge is -2.38. The van der Waals surface area contributed by atoms with Gasteiger partial charge in [-0.1, -0.05) is 13.8 Å². The maximum absolute atomic E-state index is 12.5. The van der Waals surface area contributed by atoms with Crippen LogP contribution in [0.15, 0.2) is 111 Å². The molecule has 0 aromatic carbocycles. The van der Waals surface area contributed by atoms with Gasteiger partial charge in [0, 0.05) is 109 Å². The lowest BCUT2D eigenvalue weighted by atomic mass is 9.91. The highest BCUT2D eigenvalue weighted by Gasteiger charge is 2.65. The molecule has 38 nitrogen and oxygen atoms in total. The molecule has 0 spiro atoms. The third kappa shape index (κ3) is 20.1. The van der Waals surface area contributed by atoms with E-state index in [-0.39, 0.29) is 81.8 Å². The number of aliphatic hydroxyl groups excluding tert-OH is 3. The Morgan fingerprint density at radius 3 is 1.46 bits per heavy atom. The molecule has 2 unspecified atom stereocenters. The second kappa shape index (κ2) is 35.6. The lowest BCUT2D eigenvalue weighted by Crippen LogP contribution is -2.43. The molecule has 8 aliphatic heterocycles. The third-order valence-corrected chi connectivity index (χ3v) is 27.4. The minimum atomic E-state index is -3.21. The summed E-state index contributed by atoms with van der Waals surface area (Å²) in [5.74, 6) is 3.09. The summed E-state index contributed by atoms with van der Waals surface area (Å²) >= 11 is 0. The first-order valence-electron chi connectivity index (χ1n) is 34.3. The van der Waals surface area contributed by atoms with Crippen molar-refractivity contribution in [1.82, 2.24) is 42.9 Å². The van der Waals surface area contributed by atoms with E-state index in [0.717, 1.165) is 4.57 Å². The molecule has 0 radical (unpaired) electrons. The second-order valence-electron chi connectivity index (χ2n) is 27.3. The Bertz CT molecular complexity index is 4450. The second-order valence-corrected chi connectivity index (χ2v) is 40.5. The third-order valence-electron chi connectivity index (χ3n) is 18.2. The van der Waals surface area contributed by atoms with Crippen LogP contribution in [0.1, 0.15) is 81.1 Å². The molecule has 4 aromatic heterocycles. The topological polar surface area (TPSA) is 495 Å². The van der Waals surface area contributed by atoms with Crippen molar-refractivity contribution in [2.75, 3.05) is 107 Å². The Labute approximate surface area is 612 Å².